The predicted molar refractivity (Wildman–Crippen MR) is 112 cm³/mol. The van der Waals surface area contributed by atoms with Crippen LogP contribution in [0.25, 0.3) is 0 Å². The van der Waals surface area contributed by atoms with Gasteiger partial charge in [0.15, 0.2) is 0 Å². The molecule has 0 fully saturated rings. The number of nitrogens with zero attached hydrogens (tertiary/aromatic N) is 1. The van der Waals surface area contributed by atoms with E-state index in [1.54, 1.807) is 72.8 Å². The van der Waals surface area contributed by atoms with Crippen LogP contribution in [0.1, 0.15) is 26.3 Å². The third-order valence-electron chi connectivity index (χ3n) is 3.66. The quantitative estimate of drug-likeness (QED) is 0.251. The van der Waals surface area contributed by atoms with Crippen LogP contribution in [0.5, 0.6) is 5.75 Å². The van der Waals surface area contributed by atoms with Gasteiger partial charge in [-0.1, -0.05) is 27.5 Å². The maximum Gasteiger partial charge on any atom is 0.343 e. The zero-order valence-electron chi connectivity index (χ0n) is 14.4. The number of hydrogen-bond donors (Lipinski definition) is 1. The Morgan fingerprint density at radius 2 is 1.50 bits per heavy atom. The second kappa shape index (κ2) is 9.30. The smallest absolute Gasteiger partial charge is 0.343 e. The van der Waals surface area contributed by atoms with Crippen LogP contribution in [0.2, 0.25) is 5.02 Å². The Morgan fingerprint density at radius 1 is 0.893 bits per heavy atom. The molecule has 0 saturated heterocycles. The number of benzene rings is 3. The Balaban J connectivity index is 1.55. The maximum absolute atomic E-state index is 12.1. The van der Waals surface area contributed by atoms with E-state index in [2.05, 4.69) is 26.5 Å². The third-order valence-corrected chi connectivity index (χ3v) is 4.44. The number of esters is 1. The van der Waals surface area contributed by atoms with E-state index in [1.807, 2.05) is 0 Å². The highest BCUT2D eigenvalue weighted by Gasteiger charge is 2.08. The molecule has 0 spiro atoms. The van der Waals surface area contributed by atoms with Crippen molar-refractivity contribution in [1.82, 2.24) is 5.43 Å². The van der Waals surface area contributed by atoms with Gasteiger partial charge < -0.3 is 4.74 Å². The van der Waals surface area contributed by atoms with Crippen molar-refractivity contribution in [3.63, 3.8) is 0 Å². The number of rotatable bonds is 5. The summed E-state index contributed by atoms with van der Waals surface area (Å²) >= 11 is 9.11. The lowest BCUT2D eigenvalue weighted by Gasteiger charge is -2.05. The van der Waals surface area contributed by atoms with E-state index >= 15 is 0 Å². The zero-order valence-corrected chi connectivity index (χ0v) is 16.8. The lowest BCUT2D eigenvalue weighted by molar-refractivity contribution is 0.0734. The average molecular weight is 458 g/mol. The summed E-state index contributed by atoms with van der Waals surface area (Å²) in [5, 5.41) is 4.47. The number of hydrazone groups is 1. The largest absolute Gasteiger partial charge is 0.423 e. The predicted octanol–water partition coefficient (Wildman–Crippen LogP) is 5.09. The Morgan fingerprint density at radius 3 is 2.14 bits per heavy atom. The van der Waals surface area contributed by atoms with E-state index in [9.17, 15) is 9.59 Å². The van der Waals surface area contributed by atoms with Gasteiger partial charge in [0.1, 0.15) is 5.75 Å². The van der Waals surface area contributed by atoms with Gasteiger partial charge in [-0.15, -0.1) is 0 Å². The highest BCUT2D eigenvalue weighted by molar-refractivity contribution is 9.10. The van der Waals surface area contributed by atoms with Crippen LogP contribution < -0.4 is 10.2 Å². The molecule has 140 valence electrons. The molecule has 3 aromatic carbocycles. The molecule has 0 unspecified atom stereocenters. The summed E-state index contributed by atoms with van der Waals surface area (Å²) in [6.45, 7) is 0. The second-order valence-electron chi connectivity index (χ2n) is 5.67. The van der Waals surface area contributed by atoms with Crippen LogP contribution in [-0.4, -0.2) is 18.1 Å². The first-order valence-corrected chi connectivity index (χ1v) is 9.35. The van der Waals surface area contributed by atoms with Gasteiger partial charge in [0.05, 0.1) is 11.8 Å². The van der Waals surface area contributed by atoms with Crippen molar-refractivity contribution in [2.45, 2.75) is 0 Å². The molecule has 0 aromatic heterocycles. The van der Waals surface area contributed by atoms with Crippen molar-refractivity contribution in [2.24, 2.45) is 5.10 Å². The normalized spacial score (nSPS) is 10.6. The van der Waals surface area contributed by atoms with Crippen molar-refractivity contribution in [2.75, 3.05) is 0 Å². The van der Waals surface area contributed by atoms with Gasteiger partial charge in [0.25, 0.3) is 5.91 Å². The van der Waals surface area contributed by atoms with Crippen molar-refractivity contribution in [1.29, 1.82) is 0 Å². The summed E-state index contributed by atoms with van der Waals surface area (Å²) in [6, 6.07) is 20.1. The number of amides is 1. The number of carbonyl (C=O) groups excluding carboxylic acids is 2. The molecule has 0 aliphatic rings. The van der Waals surface area contributed by atoms with Crippen LogP contribution in [0.3, 0.4) is 0 Å². The van der Waals surface area contributed by atoms with Crippen LogP contribution in [0.4, 0.5) is 0 Å². The highest BCUT2D eigenvalue weighted by Crippen LogP contribution is 2.16. The lowest BCUT2D eigenvalue weighted by Crippen LogP contribution is -2.17. The van der Waals surface area contributed by atoms with Crippen molar-refractivity contribution < 1.29 is 14.3 Å². The number of hydrogen-bond acceptors (Lipinski definition) is 4. The van der Waals surface area contributed by atoms with Gasteiger partial charge in [-0.05, 0) is 78.4 Å². The third kappa shape index (κ3) is 5.52. The maximum atomic E-state index is 12.1. The molecule has 0 atom stereocenters. The number of carbonyl (C=O) groups is 2. The SMILES string of the molecule is O=C(N/N=C\c1ccc(OC(=O)c2ccc(Br)cc2)cc1)c1ccc(Cl)cc1. The molecule has 0 aliphatic heterocycles. The lowest BCUT2D eigenvalue weighted by atomic mass is 10.2. The fourth-order valence-electron chi connectivity index (χ4n) is 2.21. The van der Waals surface area contributed by atoms with E-state index < -0.39 is 5.97 Å². The van der Waals surface area contributed by atoms with E-state index in [4.69, 9.17) is 16.3 Å². The molecule has 0 radical (unpaired) electrons. The Kier molecular flexibility index (Phi) is 6.57. The van der Waals surface area contributed by atoms with E-state index in [-0.39, 0.29) is 5.91 Å². The monoisotopic (exact) mass is 456 g/mol. The van der Waals surface area contributed by atoms with E-state index in [0.29, 0.717) is 21.9 Å². The fraction of sp³-hybridized carbons (Fsp3) is 0. The first kappa shape index (κ1) is 19.8. The highest BCUT2D eigenvalue weighted by atomic mass is 79.9. The molecule has 5 nitrogen and oxygen atoms in total. The second-order valence-corrected chi connectivity index (χ2v) is 7.02. The molecule has 0 aliphatic carbocycles. The van der Waals surface area contributed by atoms with Crippen LogP contribution in [-0.2, 0) is 0 Å². The molecule has 0 heterocycles. The van der Waals surface area contributed by atoms with E-state index in [1.165, 1.54) is 6.21 Å². The molecular formula is C21H14BrClN2O3. The molecule has 0 bridgehead atoms. The van der Waals surface area contributed by atoms with Gasteiger partial charge in [-0.3, -0.25) is 4.79 Å². The van der Waals surface area contributed by atoms with Crippen LogP contribution >= 0.6 is 27.5 Å². The van der Waals surface area contributed by atoms with Gasteiger partial charge in [-0.25, -0.2) is 10.2 Å². The summed E-state index contributed by atoms with van der Waals surface area (Å²) in [7, 11) is 0. The molecule has 3 aromatic rings. The van der Waals surface area contributed by atoms with Crippen LogP contribution in [0, 0.1) is 0 Å². The molecule has 28 heavy (non-hydrogen) atoms. The summed E-state index contributed by atoms with van der Waals surface area (Å²) in [4.78, 5) is 24.0. The number of halogens is 2. The first-order chi connectivity index (χ1) is 13.5. The number of nitrogens with one attached hydrogen (secondary N) is 1. The van der Waals surface area contributed by atoms with Crippen molar-refractivity contribution in [3.05, 3.63) is 99.0 Å². The average Bonchev–Trinajstić information content (AvgIpc) is 2.70. The van der Waals surface area contributed by atoms with Crippen molar-refractivity contribution in [3.8, 4) is 5.75 Å². The fourth-order valence-corrected chi connectivity index (χ4v) is 2.60. The van der Waals surface area contributed by atoms with Crippen LogP contribution in [0.15, 0.2) is 82.4 Å². The summed E-state index contributed by atoms with van der Waals surface area (Å²) < 4.78 is 6.21. The van der Waals surface area contributed by atoms with Crippen molar-refractivity contribution >= 4 is 45.6 Å². The molecule has 7 heteroatoms. The first-order valence-electron chi connectivity index (χ1n) is 8.18. The minimum absolute atomic E-state index is 0.340. The topological polar surface area (TPSA) is 67.8 Å². The van der Waals surface area contributed by atoms with E-state index in [0.717, 1.165) is 10.0 Å². The Hall–Kier alpha value is -2.96. The zero-order chi connectivity index (χ0) is 19.9. The molecule has 1 N–H and O–H groups in total. The van der Waals surface area contributed by atoms with Gasteiger partial charge >= 0.3 is 5.97 Å². The molecule has 3 rings (SSSR count). The molecule has 0 saturated carbocycles. The summed E-state index contributed by atoms with van der Waals surface area (Å²) in [5.41, 5.74) is 4.09. The summed E-state index contributed by atoms with van der Waals surface area (Å²) in [6.07, 6.45) is 1.49. The minimum Gasteiger partial charge on any atom is -0.423 e. The Bertz CT molecular complexity index is 1000. The molecular weight excluding hydrogens is 444 g/mol. The number of ether oxygens (including phenoxy) is 1. The minimum atomic E-state index is -0.441. The standard InChI is InChI=1S/C21H14BrClN2O3/c22-17-7-3-16(4-8-17)21(27)28-19-11-1-14(2-12-19)13-24-25-20(26)15-5-9-18(23)10-6-15/h1-13H,(H,25,26)/b24-13-. The van der Waals surface area contributed by atoms with Gasteiger partial charge in [-0.2, -0.15) is 5.10 Å². The Labute approximate surface area is 175 Å². The molecule has 1 amide bonds. The van der Waals surface area contributed by atoms with Gasteiger partial charge in [0.2, 0.25) is 0 Å². The summed E-state index contributed by atoms with van der Waals surface area (Å²) in [5.74, 6) is -0.368. The van der Waals surface area contributed by atoms with Gasteiger partial charge in [0, 0.05) is 15.1 Å².